The number of aromatic nitrogens is 2. The Morgan fingerprint density at radius 2 is 2.12 bits per heavy atom. The summed E-state index contributed by atoms with van der Waals surface area (Å²) in [5.74, 6) is 0.148. The van der Waals surface area contributed by atoms with Crippen LogP contribution in [0.3, 0.4) is 0 Å². The minimum atomic E-state index is -3.79. The van der Waals surface area contributed by atoms with Crippen molar-refractivity contribution in [3.8, 4) is 0 Å². The summed E-state index contributed by atoms with van der Waals surface area (Å²) in [6, 6.07) is 4.58. The summed E-state index contributed by atoms with van der Waals surface area (Å²) in [6.07, 6.45) is 5.78. The molecule has 0 radical (unpaired) electrons. The fourth-order valence-corrected chi connectivity index (χ4v) is 2.94. The lowest BCUT2D eigenvalue weighted by Crippen LogP contribution is -2.11. The third-order valence-electron chi connectivity index (χ3n) is 3.70. The number of benzene rings is 1. The first-order chi connectivity index (χ1) is 11.9. The fraction of sp³-hybridized carbons (Fsp3) is 0.412. The second kappa shape index (κ2) is 8.26. The van der Waals surface area contributed by atoms with E-state index in [9.17, 15) is 13.2 Å². The van der Waals surface area contributed by atoms with Gasteiger partial charge in [-0.2, -0.15) is 0 Å². The van der Waals surface area contributed by atoms with Crippen LogP contribution in [-0.2, 0) is 32.7 Å². The van der Waals surface area contributed by atoms with E-state index < -0.39 is 16.0 Å². The molecule has 136 valence electrons. The number of unbranched alkanes of at least 4 members (excludes halogenated alkanes) is 1. The molecule has 8 heteroatoms. The van der Waals surface area contributed by atoms with Gasteiger partial charge in [-0.1, -0.05) is 26.3 Å². The van der Waals surface area contributed by atoms with Crippen LogP contribution in [0.2, 0.25) is 0 Å². The molecule has 2 N–H and O–H groups in total. The highest BCUT2D eigenvalue weighted by molar-refractivity contribution is 7.89. The van der Waals surface area contributed by atoms with Crippen LogP contribution < -0.4 is 5.14 Å². The number of hydrogen-bond donors (Lipinski definition) is 1. The fourth-order valence-electron chi connectivity index (χ4n) is 2.41. The Kier molecular flexibility index (Phi) is 6.33. The van der Waals surface area contributed by atoms with Crippen molar-refractivity contribution in [1.29, 1.82) is 0 Å². The van der Waals surface area contributed by atoms with Gasteiger partial charge in [-0.05, 0) is 31.0 Å². The first kappa shape index (κ1) is 19.1. The number of fused-ring (bicyclic) bond motifs is 1. The maximum Gasteiger partial charge on any atom is 0.330 e. The van der Waals surface area contributed by atoms with E-state index in [0.29, 0.717) is 17.9 Å². The molecule has 0 atom stereocenters. The van der Waals surface area contributed by atoms with Gasteiger partial charge in [0.15, 0.2) is 0 Å². The number of carbonyl (C=O) groups excluding carboxylic acids is 1. The van der Waals surface area contributed by atoms with Crippen molar-refractivity contribution in [1.82, 2.24) is 9.55 Å². The molecule has 1 heterocycles. The molecule has 0 aliphatic rings. The third-order valence-corrected chi connectivity index (χ3v) is 4.61. The predicted molar refractivity (Wildman–Crippen MR) is 95.2 cm³/mol. The van der Waals surface area contributed by atoms with Gasteiger partial charge in [-0.3, -0.25) is 0 Å². The van der Waals surface area contributed by atoms with Crippen molar-refractivity contribution < 1.29 is 17.9 Å². The Labute approximate surface area is 147 Å². The Hall–Kier alpha value is -2.19. The Morgan fingerprint density at radius 1 is 1.36 bits per heavy atom. The number of esters is 1. The van der Waals surface area contributed by atoms with Crippen LogP contribution >= 0.6 is 0 Å². The third kappa shape index (κ3) is 4.90. The van der Waals surface area contributed by atoms with Gasteiger partial charge in [-0.15, -0.1) is 0 Å². The molecular formula is C17H23N3O4S. The van der Waals surface area contributed by atoms with E-state index in [1.165, 1.54) is 18.2 Å². The number of allylic oxidation sites excluding steroid dienone is 1. The summed E-state index contributed by atoms with van der Waals surface area (Å²) in [5.41, 5.74) is 1.30. The summed E-state index contributed by atoms with van der Waals surface area (Å²) in [4.78, 5) is 16.1. The summed E-state index contributed by atoms with van der Waals surface area (Å²) in [5, 5.41) is 5.18. The number of primary sulfonamides is 1. The molecular weight excluding hydrogens is 342 g/mol. The number of rotatable bonds is 8. The molecule has 0 aliphatic heterocycles. The maximum atomic E-state index is 11.7. The summed E-state index contributed by atoms with van der Waals surface area (Å²) < 4.78 is 30.2. The van der Waals surface area contributed by atoms with Crippen LogP contribution in [-0.4, -0.2) is 23.9 Å². The van der Waals surface area contributed by atoms with Crippen molar-refractivity contribution in [2.45, 2.75) is 51.2 Å². The Balaban J connectivity index is 2.36. The standard InChI is InChI=1S/C17H23N3O4S/c1-3-5-7-17(21)24-12-16-19-14-11-13(25(18,22)23)8-9-15(14)20(16)10-6-4-2/h5,7-9,11H,3-4,6,10,12H2,1-2H3,(H2,18,22,23)/b7-5+. The zero-order valence-electron chi connectivity index (χ0n) is 14.4. The van der Waals surface area contributed by atoms with Gasteiger partial charge in [0.2, 0.25) is 10.0 Å². The highest BCUT2D eigenvalue weighted by Gasteiger charge is 2.15. The molecule has 0 fully saturated rings. The monoisotopic (exact) mass is 365 g/mol. The lowest BCUT2D eigenvalue weighted by molar-refractivity contribution is -0.139. The molecule has 0 aliphatic carbocycles. The average Bonchev–Trinajstić information content (AvgIpc) is 2.92. The molecule has 0 saturated carbocycles. The van der Waals surface area contributed by atoms with Crippen LogP contribution in [0.5, 0.6) is 0 Å². The van der Waals surface area contributed by atoms with Gasteiger partial charge < -0.3 is 9.30 Å². The first-order valence-electron chi connectivity index (χ1n) is 8.22. The molecule has 0 saturated heterocycles. The molecule has 0 bridgehead atoms. The number of ether oxygens (including phenoxy) is 1. The molecule has 0 spiro atoms. The molecule has 1 aromatic carbocycles. The van der Waals surface area contributed by atoms with Crippen LogP contribution in [0.4, 0.5) is 0 Å². The Bertz CT molecular complexity index is 885. The van der Waals surface area contributed by atoms with Crippen molar-refractivity contribution in [2.24, 2.45) is 5.14 Å². The number of aryl methyl sites for hydroxylation is 1. The lowest BCUT2D eigenvalue weighted by atomic mass is 10.3. The van der Waals surface area contributed by atoms with Crippen LogP contribution in [0, 0.1) is 0 Å². The van der Waals surface area contributed by atoms with E-state index in [1.54, 1.807) is 12.1 Å². The minimum Gasteiger partial charge on any atom is -0.454 e. The van der Waals surface area contributed by atoms with Crippen molar-refractivity contribution in [2.75, 3.05) is 0 Å². The van der Waals surface area contributed by atoms with Gasteiger partial charge in [0.1, 0.15) is 12.4 Å². The molecule has 0 unspecified atom stereocenters. The number of nitrogens with two attached hydrogens (primary N) is 1. The topological polar surface area (TPSA) is 104 Å². The number of imidazole rings is 1. The highest BCUT2D eigenvalue weighted by atomic mass is 32.2. The molecule has 2 rings (SSSR count). The second-order valence-electron chi connectivity index (χ2n) is 5.65. The second-order valence-corrected chi connectivity index (χ2v) is 7.21. The smallest absolute Gasteiger partial charge is 0.330 e. The largest absolute Gasteiger partial charge is 0.454 e. The van der Waals surface area contributed by atoms with E-state index in [2.05, 4.69) is 11.9 Å². The maximum absolute atomic E-state index is 11.7. The summed E-state index contributed by atoms with van der Waals surface area (Å²) in [7, 11) is -3.79. The predicted octanol–water partition coefficient (Wildman–Crippen LogP) is 2.49. The quantitative estimate of drug-likeness (QED) is 0.572. The highest BCUT2D eigenvalue weighted by Crippen LogP contribution is 2.21. The number of carbonyl (C=O) groups is 1. The van der Waals surface area contributed by atoms with Gasteiger partial charge in [0.05, 0.1) is 15.9 Å². The van der Waals surface area contributed by atoms with Gasteiger partial charge in [0, 0.05) is 12.6 Å². The molecule has 7 nitrogen and oxygen atoms in total. The normalized spacial score (nSPS) is 12.1. The number of sulfonamides is 1. The average molecular weight is 365 g/mol. The van der Waals surface area contributed by atoms with E-state index in [4.69, 9.17) is 9.88 Å². The lowest BCUT2D eigenvalue weighted by Gasteiger charge is -2.08. The molecule has 25 heavy (non-hydrogen) atoms. The molecule has 0 amide bonds. The first-order valence-corrected chi connectivity index (χ1v) is 9.76. The van der Waals surface area contributed by atoms with E-state index >= 15 is 0 Å². The summed E-state index contributed by atoms with van der Waals surface area (Å²) in [6.45, 7) is 4.74. The van der Waals surface area contributed by atoms with E-state index in [0.717, 1.165) is 24.8 Å². The van der Waals surface area contributed by atoms with E-state index in [-0.39, 0.29) is 11.5 Å². The molecule has 2 aromatic rings. The zero-order chi connectivity index (χ0) is 18.4. The minimum absolute atomic E-state index is 0.00886. The van der Waals surface area contributed by atoms with E-state index in [1.807, 2.05) is 11.5 Å². The van der Waals surface area contributed by atoms with Crippen LogP contribution in [0.1, 0.15) is 38.9 Å². The van der Waals surface area contributed by atoms with Crippen LogP contribution in [0.25, 0.3) is 11.0 Å². The SMILES string of the molecule is CC/C=C/C(=O)OCc1nc2cc(S(N)(=O)=O)ccc2n1CCCC. The van der Waals surface area contributed by atoms with Crippen LogP contribution in [0.15, 0.2) is 35.2 Å². The van der Waals surface area contributed by atoms with Gasteiger partial charge in [-0.25, -0.2) is 23.3 Å². The molecule has 1 aromatic heterocycles. The number of nitrogens with zero attached hydrogens (tertiary/aromatic N) is 2. The van der Waals surface area contributed by atoms with Crippen molar-refractivity contribution in [3.05, 3.63) is 36.2 Å². The Morgan fingerprint density at radius 3 is 2.76 bits per heavy atom. The van der Waals surface area contributed by atoms with Gasteiger partial charge >= 0.3 is 5.97 Å². The van der Waals surface area contributed by atoms with Gasteiger partial charge in [0.25, 0.3) is 0 Å². The van der Waals surface area contributed by atoms with Crippen molar-refractivity contribution in [3.63, 3.8) is 0 Å². The van der Waals surface area contributed by atoms with Crippen molar-refractivity contribution >= 4 is 27.0 Å². The number of hydrogen-bond acceptors (Lipinski definition) is 5. The zero-order valence-corrected chi connectivity index (χ0v) is 15.3. The summed E-state index contributed by atoms with van der Waals surface area (Å²) >= 11 is 0.